The second kappa shape index (κ2) is 7.17. The lowest BCUT2D eigenvalue weighted by molar-refractivity contribution is 0.284. The van der Waals surface area contributed by atoms with Crippen molar-refractivity contribution in [2.24, 2.45) is 28.9 Å². The van der Waals surface area contributed by atoms with E-state index in [4.69, 9.17) is 22.9 Å². The van der Waals surface area contributed by atoms with E-state index in [0.717, 1.165) is 12.8 Å². The minimum atomic E-state index is -0.636. The van der Waals surface area contributed by atoms with Gasteiger partial charge in [0, 0.05) is 6.04 Å². The molecule has 0 rings (SSSR count). The van der Waals surface area contributed by atoms with Crippen LogP contribution < -0.4 is 22.9 Å². The van der Waals surface area contributed by atoms with Gasteiger partial charge in [0.25, 0.3) is 0 Å². The topological polar surface area (TPSA) is 104 Å². The zero-order chi connectivity index (χ0) is 11.9. The van der Waals surface area contributed by atoms with Gasteiger partial charge in [0.1, 0.15) is 0 Å². The molecule has 0 aliphatic carbocycles. The molecule has 0 spiro atoms. The Labute approximate surface area is 93.7 Å². The van der Waals surface area contributed by atoms with Crippen LogP contribution in [0.15, 0.2) is 0 Å². The maximum Gasteiger partial charge on any atom is 0.0654 e. The first-order chi connectivity index (χ1) is 6.91. The van der Waals surface area contributed by atoms with E-state index < -0.39 is 5.66 Å². The van der Waals surface area contributed by atoms with Crippen molar-refractivity contribution in [3.05, 3.63) is 0 Å². The lowest BCUT2D eigenvalue weighted by Gasteiger charge is -2.30. The van der Waals surface area contributed by atoms with E-state index in [1.807, 2.05) is 0 Å². The van der Waals surface area contributed by atoms with Gasteiger partial charge in [-0.15, -0.1) is 0 Å². The summed E-state index contributed by atoms with van der Waals surface area (Å²) in [5.41, 5.74) is 22.8. The Morgan fingerprint density at radius 3 is 2.20 bits per heavy atom. The Kier molecular flexibility index (Phi) is 7.09. The van der Waals surface area contributed by atoms with E-state index in [9.17, 15) is 0 Å². The van der Waals surface area contributed by atoms with Gasteiger partial charge >= 0.3 is 0 Å². The molecule has 0 fully saturated rings. The molecule has 2 atom stereocenters. The lowest BCUT2D eigenvalue weighted by atomic mass is 9.89. The molecular weight excluding hydrogens is 188 g/mol. The molecule has 0 aromatic carbocycles. The van der Waals surface area contributed by atoms with Gasteiger partial charge in [-0.3, -0.25) is 0 Å². The van der Waals surface area contributed by atoms with Crippen LogP contribution in [0.4, 0.5) is 0 Å². The van der Waals surface area contributed by atoms with Gasteiger partial charge in [-0.2, -0.15) is 0 Å². The van der Waals surface area contributed by atoms with Crippen LogP contribution >= 0.6 is 0 Å². The monoisotopic (exact) mass is 216 g/mol. The molecule has 0 aliphatic heterocycles. The largest absolute Gasteiger partial charge is 0.330 e. The summed E-state index contributed by atoms with van der Waals surface area (Å²) in [6, 6.07) is 0.0267. The molecule has 0 bridgehead atoms. The van der Waals surface area contributed by atoms with Gasteiger partial charge in [0.15, 0.2) is 0 Å². The maximum atomic E-state index is 6.04. The molecule has 2 unspecified atom stereocenters. The molecule has 15 heavy (non-hydrogen) atoms. The summed E-state index contributed by atoms with van der Waals surface area (Å²) in [6.45, 7) is 4.96. The Balaban J connectivity index is 3.94. The molecule has 4 heteroatoms. The van der Waals surface area contributed by atoms with Crippen molar-refractivity contribution in [3.8, 4) is 0 Å². The highest BCUT2D eigenvalue weighted by atomic mass is 15.0. The summed E-state index contributed by atoms with van der Waals surface area (Å²) < 4.78 is 0. The highest BCUT2D eigenvalue weighted by Gasteiger charge is 2.24. The highest BCUT2D eigenvalue weighted by molar-refractivity contribution is 4.83. The summed E-state index contributed by atoms with van der Waals surface area (Å²) in [4.78, 5) is 0. The third-order valence-electron chi connectivity index (χ3n) is 2.69. The third-order valence-corrected chi connectivity index (χ3v) is 2.69. The molecule has 4 nitrogen and oxygen atoms in total. The average Bonchev–Trinajstić information content (AvgIpc) is 2.01. The van der Waals surface area contributed by atoms with Gasteiger partial charge in [-0.05, 0) is 31.7 Å². The first kappa shape index (κ1) is 14.8. The van der Waals surface area contributed by atoms with Crippen LogP contribution in [0, 0.1) is 5.92 Å². The van der Waals surface area contributed by atoms with Gasteiger partial charge in [-0.25, -0.2) is 0 Å². The van der Waals surface area contributed by atoms with Gasteiger partial charge in [0.05, 0.1) is 5.66 Å². The highest BCUT2D eigenvalue weighted by Crippen LogP contribution is 2.18. The van der Waals surface area contributed by atoms with Crippen LogP contribution in [0.3, 0.4) is 0 Å². The average molecular weight is 216 g/mol. The van der Waals surface area contributed by atoms with E-state index >= 15 is 0 Å². The Bertz CT molecular complexity index is 143. The predicted octanol–water partition coefficient (Wildman–Crippen LogP) is 0.493. The SMILES string of the molecule is CCCC(C)CC(N)(N)CC(N)CCN. The van der Waals surface area contributed by atoms with Gasteiger partial charge < -0.3 is 22.9 Å². The molecular formula is C11H28N4. The summed E-state index contributed by atoms with van der Waals surface area (Å²) in [7, 11) is 0. The first-order valence-electron chi connectivity index (χ1n) is 5.94. The number of rotatable bonds is 8. The van der Waals surface area contributed by atoms with Gasteiger partial charge in [0.2, 0.25) is 0 Å². The van der Waals surface area contributed by atoms with E-state index in [0.29, 0.717) is 18.9 Å². The van der Waals surface area contributed by atoms with Crippen LogP contribution in [0.2, 0.25) is 0 Å². The van der Waals surface area contributed by atoms with Crippen molar-refractivity contribution in [3.63, 3.8) is 0 Å². The molecule has 0 heterocycles. The zero-order valence-corrected chi connectivity index (χ0v) is 10.2. The molecule has 0 saturated heterocycles. The molecule has 8 N–H and O–H groups in total. The summed E-state index contributed by atoms with van der Waals surface area (Å²) in [5, 5.41) is 0. The molecule has 0 radical (unpaired) electrons. The van der Waals surface area contributed by atoms with Crippen LogP contribution in [0.5, 0.6) is 0 Å². The predicted molar refractivity (Wildman–Crippen MR) is 66.1 cm³/mol. The van der Waals surface area contributed by atoms with Crippen LogP contribution in [0.1, 0.15) is 46.0 Å². The molecule has 0 amide bonds. The standard InChI is InChI=1S/C11H28N4/c1-3-4-9(2)7-11(14,15)8-10(13)5-6-12/h9-10H,3-8,12-15H2,1-2H3. The van der Waals surface area contributed by atoms with Gasteiger partial charge in [-0.1, -0.05) is 26.7 Å². The van der Waals surface area contributed by atoms with E-state index in [2.05, 4.69) is 13.8 Å². The molecule has 0 aliphatic rings. The number of hydrogen-bond donors (Lipinski definition) is 4. The normalized spacial score (nSPS) is 16.4. The molecule has 92 valence electrons. The van der Waals surface area contributed by atoms with Crippen LogP contribution in [0.25, 0.3) is 0 Å². The minimum Gasteiger partial charge on any atom is -0.330 e. The Hall–Kier alpha value is -0.160. The first-order valence-corrected chi connectivity index (χ1v) is 5.94. The van der Waals surface area contributed by atoms with E-state index in [1.165, 1.54) is 12.8 Å². The molecule has 0 saturated carbocycles. The second-order valence-electron chi connectivity index (χ2n) is 4.87. The Morgan fingerprint density at radius 1 is 1.13 bits per heavy atom. The maximum absolute atomic E-state index is 6.04. The van der Waals surface area contributed by atoms with Crippen molar-refractivity contribution in [1.29, 1.82) is 0 Å². The third kappa shape index (κ3) is 7.73. The summed E-state index contributed by atoms with van der Waals surface area (Å²) in [5.74, 6) is 0.565. The fraction of sp³-hybridized carbons (Fsp3) is 1.00. The fourth-order valence-corrected chi connectivity index (χ4v) is 2.13. The van der Waals surface area contributed by atoms with E-state index in [-0.39, 0.29) is 6.04 Å². The number of nitrogens with two attached hydrogens (primary N) is 4. The quantitative estimate of drug-likeness (QED) is 0.443. The zero-order valence-electron chi connectivity index (χ0n) is 10.2. The van der Waals surface area contributed by atoms with Crippen molar-refractivity contribution in [1.82, 2.24) is 0 Å². The van der Waals surface area contributed by atoms with Crippen LogP contribution in [-0.4, -0.2) is 18.2 Å². The fourth-order valence-electron chi connectivity index (χ4n) is 2.13. The molecule has 0 aromatic rings. The van der Waals surface area contributed by atoms with Crippen molar-refractivity contribution in [2.75, 3.05) is 6.54 Å². The summed E-state index contributed by atoms with van der Waals surface area (Å²) in [6.07, 6.45) is 4.62. The smallest absolute Gasteiger partial charge is 0.0654 e. The lowest BCUT2D eigenvalue weighted by Crippen LogP contribution is -2.54. The van der Waals surface area contributed by atoms with Crippen molar-refractivity contribution >= 4 is 0 Å². The van der Waals surface area contributed by atoms with E-state index in [1.54, 1.807) is 0 Å². The Morgan fingerprint density at radius 2 is 1.73 bits per heavy atom. The van der Waals surface area contributed by atoms with Crippen molar-refractivity contribution < 1.29 is 0 Å². The second-order valence-corrected chi connectivity index (χ2v) is 4.87. The number of hydrogen-bond acceptors (Lipinski definition) is 4. The minimum absolute atomic E-state index is 0.0267. The van der Waals surface area contributed by atoms with Crippen LogP contribution in [-0.2, 0) is 0 Å². The molecule has 0 aromatic heterocycles. The van der Waals surface area contributed by atoms with Crippen molar-refractivity contribution in [2.45, 2.75) is 57.7 Å². The summed E-state index contributed by atoms with van der Waals surface area (Å²) >= 11 is 0.